The van der Waals surface area contributed by atoms with Gasteiger partial charge in [-0.2, -0.15) is 5.10 Å². The third kappa shape index (κ3) is 1.92. The van der Waals surface area contributed by atoms with Gasteiger partial charge in [0.2, 0.25) is 5.88 Å². The lowest BCUT2D eigenvalue weighted by Gasteiger charge is -2.40. The van der Waals surface area contributed by atoms with Crippen molar-refractivity contribution >= 4 is 0 Å². The van der Waals surface area contributed by atoms with E-state index in [1.807, 2.05) is 6.20 Å². The summed E-state index contributed by atoms with van der Waals surface area (Å²) in [6, 6.07) is 0.522. The van der Waals surface area contributed by atoms with Crippen molar-refractivity contribution in [2.24, 2.45) is 5.92 Å². The van der Waals surface area contributed by atoms with Gasteiger partial charge in [0, 0.05) is 5.56 Å². The van der Waals surface area contributed by atoms with Crippen LogP contribution in [0.4, 0.5) is 0 Å². The third-order valence-electron chi connectivity index (χ3n) is 4.51. The Morgan fingerprint density at radius 3 is 2.72 bits per heavy atom. The summed E-state index contributed by atoms with van der Waals surface area (Å²) in [5.74, 6) is 2.14. The van der Waals surface area contributed by atoms with Crippen LogP contribution in [0.15, 0.2) is 6.20 Å². The summed E-state index contributed by atoms with van der Waals surface area (Å²) >= 11 is 0. The number of hydrogen-bond acceptors (Lipinski definition) is 3. The Balaban J connectivity index is 1.77. The minimum absolute atomic E-state index is 0.509. The van der Waals surface area contributed by atoms with Gasteiger partial charge in [0.25, 0.3) is 0 Å². The zero-order valence-electron chi connectivity index (χ0n) is 11.6. The molecule has 4 heteroatoms. The van der Waals surface area contributed by atoms with Crippen molar-refractivity contribution in [2.45, 2.75) is 45.7 Å². The molecule has 0 amide bonds. The lowest BCUT2D eigenvalue weighted by atomic mass is 9.92. The van der Waals surface area contributed by atoms with Gasteiger partial charge in [-0.15, -0.1) is 0 Å². The van der Waals surface area contributed by atoms with E-state index in [4.69, 9.17) is 4.74 Å². The minimum atomic E-state index is 0.509. The van der Waals surface area contributed by atoms with E-state index in [2.05, 4.69) is 35.5 Å². The summed E-state index contributed by atoms with van der Waals surface area (Å²) in [6.07, 6.45) is 3.33. The van der Waals surface area contributed by atoms with Gasteiger partial charge in [0.1, 0.15) is 6.61 Å². The van der Waals surface area contributed by atoms with E-state index in [1.165, 1.54) is 25.1 Å². The van der Waals surface area contributed by atoms with Crippen LogP contribution in [-0.4, -0.2) is 40.4 Å². The summed E-state index contributed by atoms with van der Waals surface area (Å²) in [7, 11) is 0. The first-order valence-electron chi connectivity index (χ1n) is 7.09. The summed E-state index contributed by atoms with van der Waals surface area (Å²) in [5.41, 5.74) is 1.27. The van der Waals surface area contributed by atoms with Gasteiger partial charge in [-0.1, -0.05) is 20.8 Å². The molecule has 1 aromatic rings. The highest BCUT2D eigenvalue weighted by Gasteiger charge is 2.31. The Kier molecular flexibility index (Phi) is 3.06. The molecule has 0 bridgehead atoms. The van der Waals surface area contributed by atoms with Gasteiger partial charge < -0.3 is 4.74 Å². The van der Waals surface area contributed by atoms with Crippen LogP contribution in [0.3, 0.4) is 0 Å². The second kappa shape index (κ2) is 4.57. The van der Waals surface area contributed by atoms with Crippen LogP contribution in [0.25, 0.3) is 0 Å². The maximum atomic E-state index is 5.99. The number of fused-ring (bicyclic) bond motifs is 1. The van der Waals surface area contributed by atoms with Gasteiger partial charge in [0.15, 0.2) is 0 Å². The summed E-state index contributed by atoms with van der Waals surface area (Å²) in [4.78, 5) is 2.50. The van der Waals surface area contributed by atoms with Gasteiger partial charge >= 0.3 is 0 Å². The van der Waals surface area contributed by atoms with Gasteiger partial charge in [0.05, 0.1) is 18.8 Å². The molecule has 3 rings (SSSR count). The first-order valence-corrected chi connectivity index (χ1v) is 7.09. The molecule has 2 aliphatic heterocycles. The molecule has 0 spiro atoms. The Morgan fingerprint density at radius 1 is 1.33 bits per heavy atom. The van der Waals surface area contributed by atoms with Crippen LogP contribution in [0.5, 0.6) is 5.88 Å². The van der Waals surface area contributed by atoms with Crippen LogP contribution in [0.2, 0.25) is 0 Å². The average molecular weight is 249 g/mol. The molecule has 1 fully saturated rings. The minimum Gasteiger partial charge on any atom is -0.476 e. The molecule has 0 aliphatic carbocycles. The Labute approximate surface area is 109 Å². The fraction of sp³-hybridized carbons (Fsp3) is 0.786. The molecule has 1 saturated heterocycles. The van der Waals surface area contributed by atoms with Crippen LogP contribution >= 0.6 is 0 Å². The molecule has 2 unspecified atom stereocenters. The molecule has 2 aliphatic rings. The van der Waals surface area contributed by atoms with Gasteiger partial charge in [-0.3, -0.25) is 4.90 Å². The summed E-state index contributed by atoms with van der Waals surface area (Å²) < 4.78 is 8.05. The van der Waals surface area contributed by atoms with Crippen molar-refractivity contribution in [3.8, 4) is 5.88 Å². The SMILES string of the molecule is CC(C)C(C)c1cnn2c1OCC(N1CCC1)C2. The predicted molar refractivity (Wildman–Crippen MR) is 71.0 cm³/mol. The standard InChI is InChI=1S/C14H23N3O/c1-10(2)11(3)13-7-15-17-8-12(9-18-14(13)17)16-5-4-6-16/h7,10-12H,4-6,8-9H2,1-3H3. The monoisotopic (exact) mass is 249 g/mol. The molecule has 0 N–H and O–H groups in total. The Bertz CT molecular complexity index is 423. The molecule has 0 aromatic carbocycles. The fourth-order valence-electron chi connectivity index (χ4n) is 2.70. The lowest BCUT2D eigenvalue weighted by Crippen LogP contribution is -2.51. The molecule has 4 nitrogen and oxygen atoms in total. The molecular weight excluding hydrogens is 226 g/mol. The summed E-state index contributed by atoms with van der Waals surface area (Å²) in [6.45, 7) is 11.0. The molecule has 1 aromatic heterocycles. The van der Waals surface area contributed by atoms with Crippen molar-refractivity contribution in [1.29, 1.82) is 0 Å². The number of nitrogens with zero attached hydrogens (tertiary/aromatic N) is 3. The summed E-state index contributed by atoms with van der Waals surface area (Å²) in [5, 5.41) is 4.52. The zero-order valence-corrected chi connectivity index (χ0v) is 11.6. The fourth-order valence-corrected chi connectivity index (χ4v) is 2.70. The van der Waals surface area contributed by atoms with Gasteiger partial charge in [-0.05, 0) is 31.3 Å². The highest BCUT2D eigenvalue weighted by Crippen LogP contribution is 2.34. The first kappa shape index (κ1) is 12.0. The maximum Gasteiger partial charge on any atom is 0.215 e. The number of rotatable bonds is 3. The van der Waals surface area contributed by atoms with Crippen molar-refractivity contribution in [1.82, 2.24) is 14.7 Å². The normalized spacial score (nSPS) is 25.4. The first-order chi connectivity index (χ1) is 8.66. The van der Waals surface area contributed by atoms with E-state index < -0.39 is 0 Å². The highest BCUT2D eigenvalue weighted by atomic mass is 16.5. The van der Waals surface area contributed by atoms with Crippen LogP contribution < -0.4 is 4.74 Å². The van der Waals surface area contributed by atoms with Gasteiger partial charge in [-0.25, -0.2) is 4.68 Å². The molecular formula is C14H23N3O. The molecule has 3 heterocycles. The van der Waals surface area contributed by atoms with Crippen LogP contribution in [-0.2, 0) is 6.54 Å². The highest BCUT2D eigenvalue weighted by molar-refractivity contribution is 5.29. The quantitative estimate of drug-likeness (QED) is 0.822. The van der Waals surface area contributed by atoms with E-state index in [1.54, 1.807) is 0 Å². The Hall–Kier alpha value is -1.03. The molecule has 0 saturated carbocycles. The topological polar surface area (TPSA) is 30.3 Å². The Morgan fingerprint density at radius 2 is 2.11 bits per heavy atom. The zero-order chi connectivity index (χ0) is 12.7. The molecule has 2 atom stereocenters. The molecule has 100 valence electrons. The van der Waals surface area contributed by atoms with Crippen LogP contribution in [0, 0.1) is 5.92 Å². The smallest absolute Gasteiger partial charge is 0.215 e. The van der Waals surface area contributed by atoms with E-state index in [0.717, 1.165) is 19.0 Å². The number of likely N-dealkylation sites (tertiary alicyclic amines) is 1. The second-order valence-corrected chi connectivity index (χ2v) is 5.97. The molecule has 0 radical (unpaired) electrons. The predicted octanol–water partition coefficient (Wildman–Crippen LogP) is 2.11. The number of hydrogen-bond donors (Lipinski definition) is 0. The lowest BCUT2D eigenvalue weighted by molar-refractivity contribution is 0.0424. The van der Waals surface area contributed by atoms with Crippen molar-refractivity contribution < 1.29 is 4.74 Å². The second-order valence-electron chi connectivity index (χ2n) is 5.97. The maximum absolute atomic E-state index is 5.99. The van der Waals surface area contributed by atoms with Crippen LogP contribution in [0.1, 0.15) is 38.7 Å². The number of ether oxygens (including phenoxy) is 1. The molecule has 18 heavy (non-hydrogen) atoms. The average Bonchev–Trinajstić information content (AvgIpc) is 2.68. The van der Waals surface area contributed by atoms with E-state index in [-0.39, 0.29) is 0 Å². The number of aromatic nitrogens is 2. The van der Waals surface area contributed by atoms with Crippen molar-refractivity contribution in [3.63, 3.8) is 0 Å². The largest absolute Gasteiger partial charge is 0.476 e. The van der Waals surface area contributed by atoms with Crippen molar-refractivity contribution in [3.05, 3.63) is 11.8 Å². The van der Waals surface area contributed by atoms with Crippen molar-refractivity contribution in [2.75, 3.05) is 19.7 Å². The van der Waals surface area contributed by atoms with E-state index in [0.29, 0.717) is 17.9 Å². The van der Waals surface area contributed by atoms with E-state index >= 15 is 0 Å². The third-order valence-corrected chi connectivity index (χ3v) is 4.51. The van der Waals surface area contributed by atoms with E-state index in [9.17, 15) is 0 Å².